The van der Waals surface area contributed by atoms with E-state index in [1.807, 2.05) is 6.07 Å². The van der Waals surface area contributed by atoms with Gasteiger partial charge in [0.25, 0.3) is 0 Å². The van der Waals surface area contributed by atoms with Crippen molar-refractivity contribution in [2.24, 2.45) is 0 Å². The van der Waals surface area contributed by atoms with Crippen LogP contribution in [0, 0.1) is 5.82 Å². The number of nitrogens with zero attached hydrogens (tertiary/aromatic N) is 2. The number of hydrogen-bond donors (Lipinski definition) is 1. The first kappa shape index (κ1) is 9.84. The van der Waals surface area contributed by atoms with Gasteiger partial charge in [-0.1, -0.05) is 12.1 Å². The van der Waals surface area contributed by atoms with Gasteiger partial charge in [0.15, 0.2) is 0 Å². The minimum atomic E-state index is -0.312. The monoisotopic (exact) mass is 228 g/mol. The molecule has 0 bridgehead atoms. The molecule has 3 aromatic rings. The molecule has 0 saturated heterocycles. The smallest absolute Gasteiger partial charge is 0.149 e. The van der Waals surface area contributed by atoms with Crippen LogP contribution in [-0.2, 0) is 0 Å². The van der Waals surface area contributed by atoms with Crippen molar-refractivity contribution >= 4 is 10.9 Å². The molecule has 0 radical (unpaired) electrons. The Morgan fingerprint density at radius 2 is 1.82 bits per heavy atom. The molecule has 1 aromatic heterocycles. The molecule has 2 aromatic carbocycles. The van der Waals surface area contributed by atoms with Crippen molar-refractivity contribution in [1.29, 1.82) is 0 Å². The fourth-order valence-electron chi connectivity index (χ4n) is 1.83. The molecule has 3 rings (SSSR count). The molecule has 0 fully saturated rings. The standard InChI is InChI=1S/C13H9FN2O/c14-12-3-1-2-9-8-15-16(13(9)12)10-4-6-11(17)7-5-10/h1-8,17H. The molecule has 4 heteroatoms. The van der Waals surface area contributed by atoms with Crippen molar-refractivity contribution in [3.63, 3.8) is 0 Å². The SMILES string of the molecule is Oc1ccc(-n2ncc3cccc(F)c32)cc1. The van der Waals surface area contributed by atoms with Gasteiger partial charge < -0.3 is 5.11 Å². The molecular weight excluding hydrogens is 219 g/mol. The highest BCUT2D eigenvalue weighted by Gasteiger charge is 2.08. The molecule has 1 heterocycles. The molecule has 0 saturated carbocycles. The first-order valence-corrected chi connectivity index (χ1v) is 5.17. The van der Waals surface area contributed by atoms with Gasteiger partial charge in [-0.3, -0.25) is 0 Å². The lowest BCUT2D eigenvalue weighted by molar-refractivity contribution is 0.475. The summed E-state index contributed by atoms with van der Waals surface area (Å²) in [4.78, 5) is 0. The lowest BCUT2D eigenvalue weighted by Crippen LogP contribution is -1.96. The van der Waals surface area contributed by atoms with Gasteiger partial charge >= 0.3 is 0 Å². The number of para-hydroxylation sites is 1. The van der Waals surface area contributed by atoms with Gasteiger partial charge in [0.2, 0.25) is 0 Å². The van der Waals surface area contributed by atoms with Crippen molar-refractivity contribution in [3.8, 4) is 11.4 Å². The zero-order valence-corrected chi connectivity index (χ0v) is 8.84. The van der Waals surface area contributed by atoms with Crippen LogP contribution in [0.3, 0.4) is 0 Å². The van der Waals surface area contributed by atoms with E-state index in [4.69, 9.17) is 0 Å². The average molecular weight is 228 g/mol. The summed E-state index contributed by atoms with van der Waals surface area (Å²) in [6, 6.07) is 11.3. The Balaban J connectivity index is 2.27. The largest absolute Gasteiger partial charge is 0.508 e. The maximum absolute atomic E-state index is 13.7. The number of benzene rings is 2. The number of hydrogen-bond acceptors (Lipinski definition) is 2. The summed E-state index contributed by atoms with van der Waals surface area (Å²) in [6.07, 6.45) is 1.62. The summed E-state index contributed by atoms with van der Waals surface area (Å²) < 4.78 is 15.3. The fourth-order valence-corrected chi connectivity index (χ4v) is 1.83. The third-order valence-corrected chi connectivity index (χ3v) is 2.64. The van der Waals surface area contributed by atoms with Crippen molar-refractivity contribution < 1.29 is 9.50 Å². The number of fused-ring (bicyclic) bond motifs is 1. The lowest BCUT2D eigenvalue weighted by Gasteiger charge is -2.04. The van der Waals surface area contributed by atoms with E-state index >= 15 is 0 Å². The van der Waals surface area contributed by atoms with Crippen LogP contribution in [-0.4, -0.2) is 14.9 Å². The number of halogens is 1. The Morgan fingerprint density at radius 3 is 2.59 bits per heavy atom. The van der Waals surface area contributed by atoms with E-state index in [-0.39, 0.29) is 11.6 Å². The summed E-state index contributed by atoms with van der Waals surface area (Å²) in [6.45, 7) is 0. The Bertz CT molecular complexity index is 673. The highest BCUT2D eigenvalue weighted by atomic mass is 19.1. The fraction of sp³-hybridized carbons (Fsp3) is 0. The van der Waals surface area contributed by atoms with Crippen LogP contribution in [0.15, 0.2) is 48.7 Å². The summed E-state index contributed by atoms with van der Waals surface area (Å²) in [5.74, 6) is -0.140. The second-order valence-corrected chi connectivity index (χ2v) is 3.75. The number of aromatic nitrogens is 2. The molecule has 0 aliphatic heterocycles. The maximum atomic E-state index is 13.7. The molecule has 0 amide bonds. The van der Waals surface area contributed by atoms with Crippen LogP contribution in [0.25, 0.3) is 16.6 Å². The molecule has 0 atom stereocenters. The predicted molar refractivity (Wildman–Crippen MR) is 62.7 cm³/mol. The third kappa shape index (κ3) is 1.54. The molecule has 0 unspecified atom stereocenters. The van der Waals surface area contributed by atoms with Gasteiger partial charge in [0.1, 0.15) is 17.1 Å². The highest BCUT2D eigenvalue weighted by Crippen LogP contribution is 2.22. The minimum absolute atomic E-state index is 0.172. The van der Waals surface area contributed by atoms with Crippen LogP contribution in [0.5, 0.6) is 5.75 Å². The Kier molecular flexibility index (Phi) is 2.08. The Labute approximate surface area is 96.7 Å². The summed E-state index contributed by atoms with van der Waals surface area (Å²) in [7, 11) is 0. The molecule has 0 aliphatic carbocycles. The van der Waals surface area contributed by atoms with Crippen molar-refractivity contribution in [1.82, 2.24) is 9.78 Å². The van der Waals surface area contributed by atoms with E-state index in [1.54, 1.807) is 36.5 Å². The van der Waals surface area contributed by atoms with Crippen LogP contribution in [0.4, 0.5) is 4.39 Å². The first-order chi connectivity index (χ1) is 8.25. The van der Waals surface area contributed by atoms with Gasteiger partial charge in [-0.25, -0.2) is 9.07 Å². The molecule has 84 valence electrons. The predicted octanol–water partition coefficient (Wildman–Crippen LogP) is 2.87. The van der Waals surface area contributed by atoms with Crippen LogP contribution >= 0.6 is 0 Å². The summed E-state index contributed by atoms with van der Waals surface area (Å²) >= 11 is 0. The zero-order valence-electron chi connectivity index (χ0n) is 8.84. The van der Waals surface area contributed by atoms with Gasteiger partial charge in [-0.2, -0.15) is 5.10 Å². The molecule has 3 nitrogen and oxygen atoms in total. The zero-order chi connectivity index (χ0) is 11.8. The van der Waals surface area contributed by atoms with Crippen LogP contribution < -0.4 is 0 Å². The lowest BCUT2D eigenvalue weighted by atomic mass is 10.2. The van der Waals surface area contributed by atoms with Gasteiger partial charge in [0, 0.05) is 5.39 Å². The van der Waals surface area contributed by atoms with Gasteiger partial charge in [0.05, 0.1) is 11.9 Å². The number of aromatic hydroxyl groups is 1. The molecule has 0 aliphatic rings. The van der Waals surface area contributed by atoms with Crippen molar-refractivity contribution in [3.05, 3.63) is 54.5 Å². The number of phenolic OH excluding ortho intramolecular Hbond substituents is 1. The number of rotatable bonds is 1. The second kappa shape index (κ2) is 3.59. The van der Waals surface area contributed by atoms with E-state index < -0.39 is 0 Å². The maximum Gasteiger partial charge on any atom is 0.149 e. The number of phenols is 1. The van der Waals surface area contributed by atoms with E-state index in [2.05, 4.69) is 5.10 Å². The molecule has 17 heavy (non-hydrogen) atoms. The van der Waals surface area contributed by atoms with Crippen molar-refractivity contribution in [2.75, 3.05) is 0 Å². The van der Waals surface area contributed by atoms with Crippen molar-refractivity contribution in [2.45, 2.75) is 0 Å². The Morgan fingerprint density at radius 1 is 1.06 bits per heavy atom. The molecule has 0 spiro atoms. The van der Waals surface area contributed by atoms with E-state index in [1.165, 1.54) is 10.7 Å². The van der Waals surface area contributed by atoms with E-state index in [0.29, 0.717) is 11.2 Å². The van der Waals surface area contributed by atoms with Gasteiger partial charge in [-0.05, 0) is 30.3 Å². The normalized spacial score (nSPS) is 10.9. The minimum Gasteiger partial charge on any atom is -0.508 e. The van der Waals surface area contributed by atoms with Crippen LogP contribution in [0.2, 0.25) is 0 Å². The third-order valence-electron chi connectivity index (χ3n) is 2.64. The summed E-state index contributed by atoms with van der Waals surface area (Å²) in [5, 5.41) is 14.1. The van der Waals surface area contributed by atoms with Gasteiger partial charge in [-0.15, -0.1) is 0 Å². The highest BCUT2D eigenvalue weighted by molar-refractivity contribution is 5.80. The second-order valence-electron chi connectivity index (χ2n) is 3.75. The molecular formula is C13H9FN2O. The summed E-state index contributed by atoms with van der Waals surface area (Å²) in [5.41, 5.74) is 1.15. The Hall–Kier alpha value is -2.36. The van der Waals surface area contributed by atoms with E-state index in [0.717, 1.165) is 5.39 Å². The van der Waals surface area contributed by atoms with Crippen LogP contribution in [0.1, 0.15) is 0 Å². The van der Waals surface area contributed by atoms with E-state index in [9.17, 15) is 9.50 Å². The average Bonchev–Trinajstić information content (AvgIpc) is 2.75. The molecule has 1 N–H and O–H groups in total. The first-order valence-electron chi connectivity index (χ1n) is 5.17. The quantitative estimate of drug-likeness (QED) is 0.695. The topological polar surface area (TPSA) is 38.0 Å².